The summed E-state index contributed by atoms with van der Waals surface area (Å²) in [5, 5.41) is 3.24. The summed E-state index contributed by atoms with van der Waals surface area (Å²) < 4.78 is 13.7. The number of aromatic amines is 1. The van der Waals surface area contributed by atoms with Gasteiger partial charge in [0.25, 0.3) is 5.91 Å². The Kier molecular flexibility index (Phi) is 5.04. The lowest BCUT2D eigenvalue weighted by molar-refractivity contribution is -0.121. The van der Waals surface area contributed by atoms with Crippen molar-refractivity contribution in [1.29, 1.82) is 0 Å². The number of anilines is 1. The van der Waals surface area contributed by atoms with Gasteiger partial charge in [0.2, 0.25) is 0 Å². The molecular weight excluding hydrogens is 357 g/mol. The second-order valence-corrected chi connectivity index (χ2v) is 6.62. The zero-order valence-corrected chi connectivity index (χ0v) is 15.0. The molecule has 0 fully saturated rings. The van der Waals surface area contributed by atoms with E-state index in [1.54, 1.807) is 18.2 Å². The normalized spacial score (nSPS) is 11.1. The van der Waals surface area contributed by atoms with Crippen molar-refractivity contribution in [3.05, 3.63) is 58.8 Å². The number of hydrogen-bond acceptors (Lipinski definition) is 3. The molecule has 0 spiro atoms. The van der Waals surface area contributed by atoms with Crippen molar-refractivity contribution in [3.8, 4) is 0 Å². The van der Waals surface area contributed by atoms with E-state index in [0.29, 0.717) is 22.3 Å². The second kappa shape index (κ2) is 7.25. The van der Waals surface area contributed by atoms with E-state index in [1.807, 2.05) is 13.8 Å². The fourth-order valence-electron chi connectivity index (χ4n) is 2.54. The van der Waals surface area contributed by atoms with E-state index in [2.05, 4.69) is 15.3 Å². The Morgan fingerprint density at radius 2 is 2.04 bits per heavy atom. The van der Waals surface area contributed by atoms with Crippen LogP contribution in [0.25, 0.3) is 10.9 Å². The smallest absolute Gasteiger partial charge is 0.257 e. The van der Waals surface area contributed by atoms with Crippen molar-refractivity contribution in [3.63, 3.8) is 0 Å². The highest BCUT2D eigenvalue weighted by Crippen LogP contribution is 2.24. The van der Waals surface area contributed by atoms with Gasteiger partial charge in [-0.05, 0) is 18.2 Å². The van der Waals surface area contributed by atoms with Gasteiger partial charge in [-0.3, -0.25) is 9.59 Å². The summed E-state index contributed by atoms with van der Waals surface area (Å²) in [6.07, 6.45) is 1.63. The van der Waals surface area contributed by atoms with E-state index in [1.165, 1.54) is 18.3 Å². The Bertz CT molecular complexity index is 998. The number of nitrogens with one attached hydrogen (secondary N) is 2. The molecule has 0 bridgehead atoms. The van der Waals surface area contributed by atoms with E-state index in [4.69, 9.17) is 11.6 Å². The molecule has 0 aliphatic carbocycles. The molecule has 3 rings (SSSR count). The molecule has 0 unspecified atom stereocenters. The quantitative estimate of drug-likeness (QED) is 0.652. The van der Waals surface area contributed by atoms with Crippen LogP contribution in [0.3, 0.4) is 0 Å². The highest BCUT2D eigenvalue weighted by Gasteiger charge is 2.16. The number of halogens is 2. The summed E-state index contributed by atoms with van der Waals surface area (Å²) in [7, 11) is 0. The van der Waals surface area contributed by atoms with Crippen LogP contribution >= 0.6 is 11.6 Å². The number of Topliss-reactive ketones (excluding diaryl/α,β-unsaturated/α-hetero) is 1. The fraction of sp³-hybridized carbons (Fsp3) is 0.211. The average molecular weight is 374 g/mol. The average Bonchev–Trinajstić information content (AvgIpc) is 3.02. The first-order valence-electron chi connectivity index (χ1n) is 8.12. The van der Waals surface area contributed by atoms with Gasteiger partial charge in [0.05, 0.1) is 16.8 Å². The van der Waals surface area contributed by atoms with Gasteiger partial charge in [-0.1, -0.05) is 37.6 Å². The number of ketones is 1. The van der Waals surface area contributed by atoms with Crippen LogP contribution in [0.15, 0.2) is 36.5 Å². The number of H-pyrrole nitrogens is 1. The highest BCUT2D eigenvalue weighted by atomic mass is 35.5. The minimum Gasteiger partial charge on any atom is -0.358 e. The zero-order valence-electron chi connectivity index (χ0n) is 14.3. The lowest BCUT2D eigenvalue weighted by Gasteiger charge is -2.09. The van der Waals surface area contributed by atoms with Crippen molar-refractivity contribution in [2.75, 3.05) is 5.32 Å². The van der Waals surface area contributed by atoms with Crippen molar-refractivity contribution in [1.82, 2.24) is 9.97 Å². The number of fused-ring (bicyclic) bond motifs is 1. The summed E-state index contributed by atoms with van der Waals surface area (Å²) in [5.41, 5.74) is 1.43. The molecule has 0 aliphatic heterocycles. The number of nitrogens with zero attached hydrogens (tertiary/aromatic N) is 1. The second-order valence-electron chi connectivity index (χ2n) is 6.26. The maximum absolute atomic E-state index is 13.7. The molecule has 3 aromatic rings. The molecule has 2 heterocycles. The van der Waals surface area contributed by atoms with Gasteiger partial charge in [0.1, 0.15) is 11.6 Å². The van der Waals surface area contributed by atoms with Crippen LogP contribution < -0.4 is 5.32 Å². The first-order chi connectivity index (χ1) is 12.4. The molecule has 0 saturated carbocycles. The molecule has 0 saturated heterocycles. The van der Waals surface area contributed by atoms with Gasteiger partial charge in [-0.15, -0.1) is 0 Å². The lowest BCUT2D eigenvalue weighted by atomic mass is 10.0. The topological polar surface area (TPSA) is 74.8 Å². The third-order valence-electron chi connectivity index (χ3n) is 4.06. The fourth-order valence-corrected chi connectivity index (χ4v) is 2.76. The third kappa shape index (κ3) is 3.60. The Hall–Kier alpha value is -2.73. The molecule has 2 aromatic heterocycles. The Morgan fingerprint density at radius 1 is 1.27 bits per heavy atom. The summed E-state index contributed by atoms with van der Waals surface area (Å²) in [4.78, 5) is 31.2. The molecule has 134 valence electrons. The Balaban J connectivity index is 1.81. The summed E-state index contributed by atoms with van der Waals surface area (Å²) >= 11 is 6.14. The van der Waals surface area contributed by atoms with Gasteiger partial charge < -0.3 is 10.3 Å². The standard InChI is InChI=1S/C19H17ClFN3O2/c1-10(2)16(25)8-11-6-7-15(18(20)23-11)24-19(26)13-9-22-17-12(13)4-3-5-14(17)21/h3-7,9-10,22H,8H2,1-2H3,(H,24,26). The van der Waals surface area contributed by atoms with Crippen LogP contribution in [0.1, 0.15) is 29.9 Å². The van der Waals surface area contributed by atoms with Gasteiger partial charge in [-0.2, -0.15) is 0 Å². The van der Waals surface area contributed by atoms with Gasteiger partial charge >= 0.3 is 0 Å². The van der Waals surface area contributed by atoms with E-state index in [0.717, 1.165) is 0 Å². The van der Waals surface area contributed by atoms with Crippen LogP contribution in [0, 0.1) is 11.7 Å². The molecule has 5 nitrogen and oxygen atoms in total. The van der Waals surface area contributed by atoms with Crippen LogP contribution in [0.5, 0.6) is 0 Å². The predicted octanol–water partition coefficient (Wildman–Crippen LogP) is 4.38. The maximum atomic E-state index is 13.7. The highest BCUT2D eigenvalue weighted by molar-refractivity contribution is 6.32. The lowest BCUT2D eigenvalue weighted by Crippen LogP contribution is -2.14. The molecular formula is C19H17ClFN3O2. The van der Waals surface area contributed by atoms with Crippen LogP contribution in [-0.4, -0.2) is 21.7 Å². The minimum atomic E-state index is -0.434. The largest absolute Gasteiger partial charge is 0.358 e. The predicted molar refractivity (Wildman–Crippen MR) is 99.0 cm³/mol. The molecule has 7 heteroatoms. The first-order valence-corrected chi connectivity index (χ1v) is 8.49. The Labute approximate surface area is 154 Å². The van der Waals surface area contributed by atoms with Crippen LogP contribution in [0.4, 0.5) is 10.1 Å². The number of benzene rings is 1. The number of carbonyl (C=O) groups is 2. The summed E-state index contributed by atoms with van der Waals surface area (Å²) in [6, 6.07) is 7.77. The van der Waals surface area contributed by atoms with Gasteiger partial charge in [-0.25, -0.2) is 9.37 Å². The van der Waals surface area contributed by atoms with Crippen molar-refractivity contribution in [2.45, 2.75) is 20.3 Å². The minimum absolute atomic E-state index is 0.0613. The number of pyridine rings is 1. The van der Waals surface area contributed by atoms with Gasteiger partial charge in [0, 0.05) is 29.6 Å². The molecule has 2 N–H and O–H groups in total. The van der Waals surface area contributed by atoms with E-state index < -0.39 is 11.7 Å². The van der Waals surface area contributed by atoms with Crippen molar-refractivity contribution < 1.29 is 14.0 Å². The maximum Gasteiger partial charge on any atom is 0.257 e. The number of rotatable bonds is 5. The SMILES string of the molecule is CC(C)C(=O)Cc1ccc(NC(=O)c2c[nH]c3c(F)cccc23)c(Cl)n1. The molecule has 1 amide bonds. The molecule has 0 aliphatic rings. The van der Waals surface area contributed by atoms with E-state index in [9.17, 15) is 14.0 Å². The van der Waals surface area contributed by atoms with Crippen molar-refractivity contribution >= 4 is 39.9 Å². The molecule has 0 radical (unpaired) electrons. The third-order valence-corrected chi connectivity index (χ3v) is 4.35. The van der Waals surface area contributed by atoms with Gasteiger partial charge in [0.15, 0.2) is 5.15 Å². The Morgan fingerprint density at radius 3 is 2.73 bits per heavy atom. The number of para-hydroxylation sites is 1. The zero-order chi connectivity index (χ0) is 18.8. The summed E-state index contributed by atoms with van der Waals surface area (Å²) in [6.45, 7) is 3.64. The number of aromatic nitrogens is 2. The number of carbonyl (C=O) groups excluding carboxylic acids is 2. The molecule has 0 atom stereocenters. The van der Waals surface area contributed by atoms with E-state index >= 15 is 0 Å². The number of amides is 1. The number of hydrogen-bond donors (Lipinski definition) is 2. The van der Waals surface area contributed by atoms with Crippen LogP contribution in [-0.2, 0) is 11.2 Å². The summed E-state index contributed by atoms with van der Waals surface area (Å²) in [5.74, 6) is -0.889. The first kappa shape index (κ1) is 18.1. The van der Waals surface area contributed by atoms with Crippen molar-refractivity contribution in [2.24, 2.45) is 5.92 Å². The monoisotopic (exact) mass is 373 g/mol. The van der Waals surface area contributed by atoms with Crippen LogP contribution in [0.2, 0.25) is 5.15 Å². The molecule has 1 aromatic carbocycles. The van der Waals surface area contributed by atoms with E-state index in [-0.39, 0.29) is 28.8 Å². The molecule has 26 heavy (non-hydrogen) atoms.